The molecule has 172 valence electrons. The van der Waals surface area contributed by atoms with Gasteiger partial charge in [0.25, 0.3) is 0 Å². The van der Waals surface area contributed by atoms with Gasteiger partial charge in [0.15, 0.2) is 11.3 Å². The molecule has 0 saturated heterocycles. The lowest BCUT2D eigenvalue weighted by molar-refractivity contribution is 0.456. The van der Waals surface area contributed by atoms with Crippen LogP contribution < -0.4 is 0 Å². The summed E-state index contributed by atoms with van der Waals surface area (Å²) in [4.78, 5) is 3.70. The molecule has 3 aromatic heterocycles. The second kappa shape index (κ2) is 7.33. The second-order valence-corrected chi connectivity index (χ2v) is 9.24. The quantitative estimate of drug-likeness (QED) is 0.234. The number of benzene rings is 5. The van der Waals surface area contributed by atoms with Crippen molar-refractivity contribution >= 4 is 60.4 Å². The van der Waals surface area contributed by atoms with E-state index in [9.17, 15) is 0 Å². The Hall–Kier alpha value is -5.34. The zero-order chi connectivity index (χ0) is 24.5. The normalized spacial score (nSPS) is 11.8. The van der Waals surface area contributed by atoms with E-state index in [-0.39, 0.29) is 0 Å². The lowest BCUT2D eigenvalue weighted by Crippen LogP contribution is -1.93. The Morgan fingerprint density at radius 1 is 0.649 bits per heavy atom. The number of furan rings is 1. The third kappa shape index (κ3) is 2.87. The SMILES string of the molecule is [C-]#[N+]c1ccc2c(c1)c1cc(-c3ccc4oncc4c3)ccc1n2-c1ccc2oc3ccccc3c2c1. The van der Waals surface area contributed by atoms with E-state index in [1.165, 1.54) is 0 Å². The molecule has 37 heavy (non-hydrogen) atoms. The molecule has 0 aliphatic carbocycles. The summed E-state index contributed by atoms with van der Waals surface area (Å²) in [6.45, 7) is 7.58. The van der Waals surface area contributed by atoms with Gasteiger partial charge in [-0.15, -0.1) is 0 Å². The van der Waals surface area contributed by atoms with Crippen molar-refractivity contribution in [2.24, 2.45) is 0 Å². The summed E-state index contributed by atoms with van der Waals surface area (Å²) in [5, 5.41) is 9.20. The van der Waals surface area contributed by atoms with Crippen LogP contribution >= 0.6 is 0 Å². The van der Waals surface area contributed by atoms with Crippen molar-refractivity contribution in [2.75, 3.05) is 0 Å². The van der Waals surface area contributed by atoms with Crippen LogP contribution in [0.3, 0.4) is 0 Å². The number of fused-ring (bicyclic) bond motifs is 7. The van der Waals surface area contributed by atoms with Gasteiger partial charge in [0.1, 0.15) is 11.2 Å². The van der Waals surface area contributed by atoms with E-state index in [4.69, 9.17) is 15.5 Å². The lowest BCUT2D eigenvalue weighted by Gasteiger charge is -2.09. The molecule has 0 fully saturated rings. The Morgan fingerprint density at radius 2 is 1.41 bits per heavy atom. The largest absolute Gasteiger partial charge is 0.456 e. The molecular weight excluding hydrogens is 458 g/mol. The van der Waals surface area contributed by atoms with E-state index in [1.54, 1.807) is 6.20 Å². The van der Waals surface area contributed by atoms with Gasteiger partial charge in [0.05, 0.1) is 23.8 Å². The molecule has 0 radical (unpaired) electrons. The Bertz CT molecular complexity index is 2220. The maximum atomic E-state index is 7.58. The summed E-state index contributed by atoms with van der Waals surface area (Å²) in [5.74, 6) is 0. The monoisotopic (exact) mass is 475 g/mol. The van der Waals surface area contributed by atoms with Crippen molar-refractivity contribution in [3.8, 4) is 16.8 Å². The maximum Gasteiger partial charge on any atom is 0.188 e. The first-order valence-corrected chi connectivity index (χ1v) is 12.0. The Morgan fingerprint density at radius 3 is 2.32 bits per heavy atom. The summed E-state index contributed by atoms with van der Waals surface area (Å²) in [6, 6.07) is 33.0. The number of rotatable bonds is 2. The van der Waals surface area contributed by atoms with Crippen LogP contribution in [0.25, 0.3) is 76.4 Å². The molecule has 8 rings (SSSR count). The standard InChI is InChI=1S/C32H17N3O2/c1-33-22-8-11-29-26(16-22)25-15-20(19-7-12-30-21(14-19)18-34-37-30)6-10-28(25)35(29)23-9-13-32-27(17-23)24-4-2-3-5-31(24)36-32/h2-18H. The Kier molecular flexibility index (Phi) is 3.94. The van der Waals surface area contributed by atoms with E-state index < -0.39 is 0 Å². The van der Waals surface area contributed by atoms with E-state index in [1.807, 2.05) is 48.5 Å². The first kappa shape index (κ1) is 19.9. The first-order valence-electron chi connectivity index (χ1n) is 12.0. The average Bonchev–Trinajstić information content (AvgIpc) is 3.65. The van der Waals surface area contributed by atoms with Crippen molar-refractivity contribution in [3.63, 3.8) is 0 Å². The van der Waals surface area contributed by atoms with Crippen molar-refractivity contribution in [1.29, 1.82) is 0 Å². The lowest BCUT2D eigenvalue weighted by atomic mass is 10.0. The summed E-state index contributed by atoms with van der Waals surface area (Å²) in [5.41, 5.74) is 8.52. The van der Waals surface area contributed by atoms with Crippen molar-refractivity contribution in [1.82, 2.24) is 9.72 Å². The van der Waals surface area contributed by atoms with Gasteiger partial charge in [-0.25, -0.2) is 4.85 Å². The van der Waals surface area contributed by atoms with Crippen LogP contribution in [0.2, 0.25) is 0 Å². The molecule has 0 spiro atoms. The molecule has 5 aromatic carbocycles. The second-order valence-electron chi connectivity index (χ2n) is 9.24. The third-order valence-electron chi connectivity index (χ3n) is 7.18. The fraction of sp³-hybridized carbons (Fsp3) is 0. The average molecular weight is 476 g/mol. The minimum atomic E-state index is 0.624. The van der Waals surface area contributed by atoms with E-state index in [0.717, 1.165) is 71.5 Å². The molecule has 0 aliphatic rings. The number of hydrogen-bond acceptors (Lipinski definition) is 3. The fourth-order valence-electron chi connectivity index (χ4n) is 5.44. The third-order valence-corrected chi connectivity index (χ3v) is 7.18. The molecule has 0 aliphatic heterocycles. The zero-order valence-electron chi connectivity index (χ0n) is 19.5. The molecule has 3 heterocycles. The topological polar surface area (TPSA) is 48.5 Å². The molecular formula is C32H17N3O2. The van der Waals surface area contributed by atoms with E-state index in [0.29, 0.717) is 5.69 Å². The van der Waals surface area contributed by atoms with Crippen LogP contribution in [0.5, 0.6) is 0 Å². The van der Waals surface area contributed by atoms with Gasteiger partial charge in [-0.3, -0.25) is 0 Å². The van der Waals surface area contributed by atoms with E-state index >= 15 is 0 Å². The minimum absolute atomic E-state index is 0.624. The molecule has 0 atom stereocenters. The van der Waals surface area contributed by atoms with Gasteiger partial charge < -0.3 is 13.5 Å². The van der Waals surface area contributed by atoms with Crippen LogP contribution in [0.15, 0.2) is 112 Å². The smallest absolute Gasteiger partial charge is 0.188 e. The number of para-hydroxylation sites is 1. The van der Waals surface area contributed by atoms with Crippen molar-refractivity contribution in [2.45, 2.75) is 0 Å². The van der Waals surface area contributed by atoms with Crippen molar-refractivity contribution < 1.29 is 8.94 Å². The molecule has 0 unspecified atom stereocenters. The van der Waals surface area contributed by atoms with Gasteiger partial charge in [0.2, 0.25) is 0 Å². The highest BCUT2D eigenvalue weighted by molar-refractivity contribution is 6.12. The van der Waals surface area contributed by atoms with Crippen LogP contribution in [-0.4, -0.2) is 9.72 Å². The molecule has 0 saturated carbocycles. The van der Waals surface area contributed by atoms with E-state index in [2.05, 4.69) is 63.1 Å². The number of aromatic nitrogens is 2. The molecule has 0 bridgehead atoms. The predicted molar refractivity (Wildman–Crippen MR) is 147 cm³/mol. The highest BCUT2D eigenvalue weighted by Gasteiger charge is 2.16. The van der Waals surface area contributed by atoms with Crippen LogP contribution in [0.4, 0.5) is 5.69 Å². The summed E-state index contributed by atoms with van der Waals surface area (Å²) in [7, 11) is 0. The Labute approximate surface area is 210 Å². The fourth-order valence-corrected chi connectivity index (χ4v) is 5.44. The molecule has 5 nitrogen and oxygen atoms in total. The van der Waals surface area contributed by atoms with Crippen LogP contribution in [0.1, 0.15) is 0 Å². The maximum absolute atomic E-state index is 7.58. The minimum Gasteiger partial charge on any atom is -0.456 e. The molecule has 5 heteroatoms. The van der Waals surface area contributed by atoms with Crippen molar-refractivity contribution in [3.05, 3.63) is 115 Å². The zero-order valence-corrected chi connectivity index (χ0v) is 19.5. The highest BCUT2D eigenvalue weighted by atomic mass is 16.5. The van der Waals surface area contributed by atoms with Gasteiger partial charge in [-0.1, -0.05) is 41.6 Å². The van der Waals surface area contributed by atoms with Gasteiger partial charge in [0, 0.05) is 27.2 Å². The molecule has 0 amide bonds. The molecule has 0 N–H and O–H groups in total. The number of nitrogens with zero attached hydrogens (tertiary/aromatic N) is 3. The van der Waals surface area contributed by atoms with Crippen LogP contribution in [-0.2, 0) is 0 Å². The van der Waals surface area contributed by atoms with Gasteiger partial charge >= 0.3 is 0 Å². The van der Waals surface area contributed by atoms with Gasteiger partial charge in [-0.2, -0.15) is 0 Å². The summed E-state index contributed by atoms with van der Waals surface area (Å²) >= 11 is 0. The summed E-state index contributed by atoms with van der Waals surface area (Å²) in [6.07, 6.45) is 1.74. The molecule has 8 aromatic rings. The first-order chi connectivity index (χ1) is 18.3. The van der Waals surface area contributed by atoms with Crippen LogP contribution in [0, 0.1) is 6.57 Å². The summed E-state index contributed by atoms with van der Waals surface area (Å²) < 4.78 is 13.6. The highest BCUT2D eigenvalue weighted by Crippen LogP contribution is 2.38. The van der Waals surface area contributed by atoms with Gasteiger partial charge in [-0.05, 0) is 77.2 Å². The number of hydrogen-bond donors (Lipinski definition) is 0. The Balaban J connectivity index is 1.41. The predicted octanol–water partition coefficient (Wildman–Crippen LogP) is 9.04.